The number of benzene rings is 2. The number of fused-ring (bicyclic) bond motifs is 1. The first-order chi connectivity index (χ1) is 9.46. The van der Waals surface area contributed by atoms with E-state index in [-0.39, 0.29) is 11.4 Å². The molecule has 0 saturated carbocycles. The topological polar surface area (TPSA) is 38.3 Å². The Bertz CT molecular complexity index is 605. The quantitative estimate of drug-likeness (QED) is 0.903. The highest BCUT2D eigenvalue weighted by Crippen LogP contribution is 2.21. The molecule has 2 rings (SSSR count). The molecule has 0 unspecified atom stereocenters. The molecule has 2 aromatic rings. The summed E-state index contributed by atoms with van der Waals surface area (Å²) in [5.74, 6) is 0.850. The Morgan fingerprint density at radius 1 is 1.15 bits per heavy atom. The second-order valence-electron chi connectivity index (χ2n) is 5.67. The van der Waals surface area contributed by atoms with Crippen LogP contribution in [-0.4, -0.2) is 18.1 Å². The van der Waals surface area contributed by atoms with E-state index >= 15 is 0 Å². The van der Waals surface area contributed by atoms with Crippen molar-refractivity contribution in [1.82, 2.24) is 5.32 Å². The summed E-state index contributed by atoms with van der Waals surface area (Å²) in [5, 5.41) is 5.30. The molecule has 2 aromatic carbocycles. The standard InChI is InChI=1S/C17H21NO2/c1-13(19)18-17(2,3)10-11-20-16-9-8-14-6-4-5-7-15(14)12-16/h4-9,12H,10-11H2,1-3H3,(H,18,19). The molecule has 0 atom stereocenters. The van der Waals surface area contributed by atoms with Crippen LogP contribution in [0.4, 0.5) is 0 Å². The van der Waals surface area contributed by atoms with Crippen molar-refractivity contribution in [1.29, 1.82) is 0 Å². The fraction of sp³-hybridized carbons (Fsp3) is 0.353. The van der Waals surface area contributed by atoms with E-state index in [9.17, 15) is 4.79 Å². The molecular formula is C17H21NO2. The number of ether oxygens (including phenoxy) is 1. The number of nitrogens with one attached hydrogen (secondary N) is 1. The Morgan fingerprint density at radius 3 is 2.55 bits per heavy atom. The molecule has 3 heteroatoms. The lowest BCUT2D eigenvalue weighted by Gasteiger charge is -2.25. The van der Waals surface area contributed by atoms with Crippen LogP contribution in [0.15, 0.2) is 42.5 Å². The lowest BCUT2D eigenvalue weighted by Crippen LogP contribution is -2.43. The molecule has 3 nitrogen and oxygen atoms in total. The van der Waals surface area contributed by atoms with Crippen LogP contribution < -0.4 is 10.1 Å². The molecule has 0 aromatic heterocycles. The lowest BCUT2D eigenvalue weighted by molar-refractivity contribution is -0.120. The molecule has 1 amide bonds. The van der Waals surface area contributed by atoms with Crippen LogP contribution in [0.1, 0.15) is 27.2 Å². The van der Waals surface area contributed by atoms with Gasteiger partial charge in [-0.2, -0.15) is 0 Å². The van der Waals surface area contributed by atoms with Gasteiger partial charge in [-0.05, 0) is 36.8 Å². The van der Waals surface area contributed by atoms with E-state index in [4.69, 9.17) is 4.74 Å². The second kappa shape index (κ2) is 5.95. The minimum absolute atomic E-state index is 0.0132. The molecule has 0 radical (unpaired) electrons. The zero-order chi connectivity index (χ0) is 14.6. The number of hydrogen-bond acceptors (Lipinski definition) is 2. The van der Waals surface area contributed by atoms with Crippen molar-refractivity contribution in [3.8, 4) is 5.75 Å². The van der Waals surface area contributed by atoms with Gasteiger partial charge in [-0.3, -0.25) is 4.79 Å². The highest BCUT2D eigenvalue weighted by molar-refractivity contribution is 5.83. The fourth-order valence-electron chi connectivity index (χ4n) is 2.22. The van der Waals surface area contributed by atoms with Crippen molar-refractivity contribution < 1.29 is 9.53 Å². The SMILES string of the molecule is CC(=O)NC(C)(C)CCOc1ccc2ccccc2c1. The van der Waals surface area contributed by atoms with Crippen molar-refractivity contribution in [2.75, 3.05) is 6.61 Å². The van der Waals surface area contributed by atoms with E-state index in [0.29, 0.717) is 6.61 Å². The molecule has 0 heterocycles. The summed E-state index contributed by atoms with van der Waals surface area (Å²) in [5.41, 5.74) is -0.247. The third kappa shape index (κ3) is 3.98. The number of hydrogen-bond donors (Lipinski definition) is 1. The molecule has 0 fully saturated rings. The molecule has 0 spiro atoms. The van der Waals surface area contributed by atoms with Crippen LogP contribution in [0.25, 0.3) is 10.8 Å². The lowest BCUT2D eigenvalue weighted by atomic mass is 10.0. The van der Waals surface area contributed by atoms with Crippen LogP contribution in [0.2, 0.25) is 0 Å². The van der Waals surface area contributed by atoms with Crippen LogP contribution in [0, 0.1) is 0 Å². The van der Waals surface area contributed by atoms with Gasteiger partial charge in [0, 0.05) is 18.9 Å². The molecule has 0 aliphatic rings. The third-order valence-corrected chi connectivity index (χ3v) is 3.23. The molecule has 106 valence electrons. The van der Waals surface area contributed by atoms with Crippen LogP contribution in [0.5, 0.6) is 5.75 Å². The van der Waals surface area contributed by atoms with E-state index in [1.165, 1.54) is 17.7 Å². The second-order valence-corrected chi connectivity index (χ2v) is 5.67. The van der Waals surface area contributed by atoms with E-state index in [2.05, 4.69) is 23.5 Å². The Hall–Kier alpha value is -2.03. The first-order valence-electron chi connectivity index (χ1n) is 6.87. The number of rotatable bonds is 5. The van der Waals surface area contributed by atoms with Crippen molar-refractivity contribution in [3.05, 3.63) is 42.5 Å². The average molecular weight is 271 g/mol. The van der Waals surface area contributed by atoms with Gasteiger partial charge in [0.1, 0.15) is 5.75 Å². The maximum absolute atomic E-state index is 11.1. The first-order valence-corrected chi connectivity index (χ1v) is 6.87. The summed E-state index contributed by atoms with van der Waals surface area (Å²) in [6, 6.07) is 14.3. The van der Waals surface area contributed by atoms with Gasteiger partial charge in [0.25, 0.3) is 0 Å². The molecule has 0 aliphatic carbocycles. The number of amides is 1. The van der Waals surface area contributed by atoms with E-state index in [1.807, 2.05) is 38.1 Å². The van der Waals surface area contributed by atoms with E-state index in [0.717, 1.165) is 12.2 Å². The maximum atomic E-state index is 11.1. The van der Waals surface area contributed by atoms with E-state index < -0.39 is 0 Å². The van der Waals surface area contributed by atoms with Gasteiger partial charge >= 0.3 is 0 Å². The summed E-state index contributed by atoms with van der Waals surface area (Å²) in [6.45, 7) is 6.11. The molecule has 0 aliphatic heterocycles. The first kappa shape index (κ1) is 14.4. The largest absolute Gasteiger partial charge is 0.493 e. The summed E-state index contributed by atoms with van der Waals surface area (Å²) in [7, 11) is 0. The summed E-state index contributed by atoms with van der Waals surface area (Å²) in [6.07, 6.45) is 0.763. The highest BCUT2D eigenvalue weighted by Gasteiger charge is 2.18. The van der Waals surface area contributed by atoms with Crippen LogP contribution >= 0.6 is 0 Å². The molecule has 0 saturated heterocycles. The smallest absolute Gasteiger partial charge is 0.217 e. The minimum Gasteiger partial charge on any atom is -0.493 e. The summed E-state index contributed by atoms with van der Waals surface area (Å²) in [4.78, 5) is 11.1. The third-order valence-electron chi connectivity index (χ3n) is 3.23. The monoisotopic (exact) mass is 271 g/mol. The number of carbonyl (C=O) groups is 1. The van der Waals surface area contributed by atoms with Crippen molar-refractivity contribution in [3.63, 3.8) is 0 Å². The molecule has 20 heavy (non-hydrogen) atoms. The van der Waals surface area contributed by atoms with Crippen LogP contribution in [-0.2, 0) is 4.79 Å². The zero-order valence-corrected chi connectivity index (χ0v) is 12.3. The average Bonchev–Trinajstić information content (AvgIpc) is 2.37. The zero-order valence-electron chi connectivity index (χ0n) is 12.3. The van der Waals surface area contributed by atoms with Gasteiger partial charge in [0.2, 0.25) is 5.91 Å². The highest BCUT2D eigenvalue weighted by atomic mass is 16.5. The van der Waals surface area contributed by atoms with Gasteiger partial charge in [-0.1, -0.05) is 30.3 Å². The Labute approximate surface area is 119 Å². The van der Waals surface area contributed by atoms with Gasteiger partial charge in [0.05, 0.1) is 6.61 Å². The molecule has 0 bridgehead atoms. The van der Waals surface area contributed by atoms with Crippen molar-refractivity contribution in [2.24, 2.45) is 0 Å². The van der Waals surface area contributed by atoms with Gasteiger partial charge in [-0.25, -0.2) is 0 Å². The van der Waals surface area contributed by atoms with Gasteiger partial charge in [-0.15, -0.1) is 0 Å². The Kier molecular flexibility index (Phi) is 4.28. The van der Waals surface area contributed by atoms with Crippen LogP contribution in [0.3, 0.4) is 0 Å². The maximum Gasteiger partial charge on any atom is 0.217 e. The van der Waals surface area contributed by atoms with E-state index in [1.54, 1.807) is 0 Å². The Balaban J connectivity index is 1.94. The predicted octanol–water partition coefficient (Wildman–Crippen LogP) is 3.52. The minimum atomic E-state index is -0.247. The normalized spacial score (nSPS) is 11.3. The van der Waals surface area contributed by atoms with Gasteiger partial charge in [0.15, 0.2) is 0 Å². The molecular weight excluding hydrogens is 250 g/mol. The fourth-order valence-corrected chi connectivity index (χ4v) is 2.22. The summed E-state index contributed by atoms with van der Waals surface area (Å²) < 4.78 is 5.78. The van der Waals surface area contributed by atoms with Crippen molar-refractivity contribution in [2.45, 2.75) is 32.7 Å². The predicted molar refractivity (Wildman–Crippen MR) is 82.0 cm³/mol. The summed E-state index contributed by atoms with van der Waals surface area (Å²) >= 11 is 0. The molecule has 1 N–H and O–H groups in total. The number of carbonyl (C=O) groups excluding carboxylic acids is 1. The van der Waals surface area contributed by atoms with Crippen molar-refractivity contribution >= 4 is 16.7 Å². The Morgan fingerprint density at radius 2 is 1.85 bits per heavy atom. The van der Waals surface area contributed by atoms with Gasteiger partial charge < -0.3 is 10.1 Å².